The normalized spacial score (nSPS) is 15.0. The smallest absolute Gasteiger partial charge is 0.306 e. The molecule has 5 nitrogen and oxygen atoms in total. The first-order chi connectivity index (χ1) is 15.1. The fraction of sp³-hybridized carbons (Fsp3) is 0.385. The van der Waals surface area contributed by atoms with Gasteiger partial charge in [-0.25, -0.2) is 4.98 Å². The first-order valence-electron chi connectivity index (χ1n) is 11.1. The number of ether oxygens (including phenoxy) is 2. The van der Waals surface area contributed by atoms with Gasteiger partial charge in [0.25, 0.3) is 0 Å². The van der Waals surface area contributed by atoms with Crippen molar-refractivity contribution >= 4 is 5.97 Å². The van der Waals surface area contributed by atoms with Crippen LogP contribution in [0.4, 0.5) is 0 Å². The van der Waals surface area contributed by atoms with Crippen LogP contribution in [0.1, 0.15) is 54.7 Å². The van der Waals surface area contributed by atoms with Crippen molar-refractivity contribution < 1.29 is 18.7 Å². The summed E-state index contributed by atoms with van der Waals surface area (Å²) in [6.45, 7) is 4.84. The second-order valence-corrected chi connectivity index (χ2v) is 7.95. The van der Waals surface area contributed by atoms with Gasteiger partial charge in [-0.3, -0.25) is 4.79 Å². The summed E-state index contributed by atoms with van der Waals surface area (Å²) in [4.78, 5) is 16.6. The number of oxazole rings is 1. The summed E-state index contributed by atoms with van der Waals surface area (Å²) >= 11 is 0. The van der Waals surface area contributed by atoms with Crippen LogP contribution in [0.5, 0.6) is 5.75 Å². The highest BCUT2D eigenvalue weighted by molar-refractivity contribution is 5.71. The van der Waals surface area contributed by atoms with Gasteiger partial charge in [-0.05, 0) is 80.8 Å². The lowest BCUT2D eigenvalue weighted by Gasteiger charge is -2.13. The maximum atomic E-state index is 11.9. The summed E-state index contributed by atoms with van der Waals surface area (Å²) in [6, 6.07) is 16.2. The number of rotatable bonds is 9. The van der Waals surface area contributed by atoms with Gasteiger partial charge in [-0.1, -0.05) is 24.3 Å². The van der Waals surface area contributed by atoms with Gasteiger partial charge in [-0.2, -0.15) is 0 Å². The Morgan fingerprint density at radius 1 is 1.19 bits per heavy atom. The molecule has 1 atom stereocenters. The third-order valence-electron chi connectivity index (χ3n) is 5.78. The molecule has 3 aromatic rings. The molecule has 0 spiro atoms. The van der Waals surface area contributed by atoms with E-state index in [1.807, 2.05) is 50.2 Å². The van der Waals surface area contributed by atoms with E-state index in [-0.39, 0.29) is 11.9 Å². The lowest BCUT2D eigenvalue weighted by Crippen LogP contribution is -2.09. The zero-order valence-electron chi connectivity index (χ0n) is 18.2. The molecule has 4 rings (SSSR count). The van der Waals surface area contributed by atoms with E-state index in [0.717, 1.165) is 48.5 Å². The van der Waals surface area contributed by atoms with Crippen LogP contribution in [0, 0.1) is 6.92 Å². The van der Waals surface area contributed by atoms with Gasteiger partial charge >= 0.3 is 5.97 Å². The predicted octanol–water partition coefficient (Wildman–Crippen LogP) is 5.64. The van der Waals surface area contributed by atoms with Crippen LogP contribution < -0.4 is 4.74 Å². The quantitative estimate of drug-likeness (QED) is 0.332. The van der Waals surface area contributed by atoms with Crippen molar-refractivity contribution in [2.24, 2.45) is 0 Å². The standard InChI is InChI=1S/C26H29NO4/c1-3-29-25(28)16-21-12-11-19-13-14-22(17-23(19)21)30-15-7-10-24-18(2)31-26(27-24)20-8-5-4-6-9-20/h4-6,8-9,13-14,17,21H,3,7,10-12,15-16H2,1-2H3/t21-/m0/s1. The van der Waals surface area contributed by atoms with E-state index in [0.29, 0.717) is 25.5 Å². The summed E-state index contributed by atoms with van der Waals surface area (Å²) < 4.78 is 17.0. The molecule has 162 valence electrons. The highest BCUT2D eigenvalue weighted by atomic mass is 16.5. The Kier molecular flexibility index (Phi) is 6.70. The van der Waals surface area contributed by atoms with Crippen LogP contribution in [0.25, 0.3) is 11.5 Å². The minimum atomic E-state index is -0.121. The van der Waals surface area contributed by atoms with Crippen LogP contribution in [-0.2, 0) is 22.4 Å². The number of fused-ring (bicyclic) bond motifs is 1. The molecule has 31 heavy (non-hydrogen) atoms. The van der Waals surface area contributed by atoms with E-state index in [2.05, 4.69) is 17.1 Å². The summed E-state index contributed by atoms with van der Waals surface area (Å²) in [5, 5.41) is 0. The van der Waals surface area contributed by atoms with Crippen LogP contribution in [0.3, 0.4) is 0 Å². The zero-order valence-corrected chi connectivity index (χ0v) is 18.2. The van der Waals surface area contributed by atoms with Crippen molar-refractivity contribution in [3.8, 4) is 17.2 Å². The predicted molar refractivity (Wildman–Crippen MR) is 119 cm³/mol. The molecule has 5 heteroatoms. The highest BCUT2D eigenvalue weighted by Crippen LogP contribution is 2.37. The average molecular weight is 420 g/mol. The number of aryl methyl sites for hydroxylation is 3. The number of hydrogen-bond acceptors (Lipinski definition) is 5. The van der Waals surface area contributed by atoms with Gasteiger partial charge in [0.1, 0.15) is 11.5 Å². The van der Waals surface area contributed by atoms with E-state index < -0.39 is 0 Å². The molecule has 1 aromatic heterocycles. The van der Waals surface area contributed by atoms with Crippen molar-refractivity contribution in [2.45, 2.75) is 51.9 Å². The summed E-state index contributed by atoms with van der Waals surface area (Å²) in [6.07, 6.45) is 4.10. The molecule has 0 saturated heterocycles. The number of hydrogen-bond donors (Lipinski definition) is 0. The van der Waals surface area contributed by atoms with Crippen molar-refractivity contribution in [3.63, 3.8) is 0 Å². The maximum Gasteiger partial charge on any atom is 0.306 e. The molecule has 1 aliphatic rings. The van der Waals surface area contributed by atoms with Crippen LogP contribution in [0.2, 0.25) is 0 Å². The Labute approximate surface area is 183 Å². The highest BCUT2D eigenvalue weighted by Gasteiger charge is 2.25. The Morgan fingerprint density at radius 3 is 2.84 bits per heavy atom. The Hall–Kier alpha value is -3.08. The third kappa shape index (κ3) is 5.16. The molecule has 0 amide bonds. The molecule has 0 fully saturated rings. The number of esters is 1. The Balaban J connectivity index is 1.31. The van der Waals surface area contributed by atoms with E-state index in [9.17, 15) is 4.79 Å². The van der Waals surface area contributed by atoms with Crippen LogP contribution in [0.15, 0.2) is 52.9 Å². The molecule has 1 heterocycles. The van der Waals surface area contributed by atoms with Crippen molar-refractivity contribution in [2.75, 3.05) is 13.2 Å². The van der Waals surface area contributed by atoms with Gasteiger partial charge in [-0.15, -0.1) is 0 Å². The van der Waals surface area contributed by atoms with Crippen LogP contribution >= 0.6 is 0 Å². The van der Waals surface area contributed by atoms with Crippen molar-refractivity contribution in [1.29, 1.82) is 0 Å². The minimum Gasteiger partial charge on any atom is -0.494 e. The minimum absolute atomic E-state index is 0.121. The SMILES string of the molecule is CCOC(=O)C[C@@H]1CCc2ccc(OCCCc3nc(-c4ccccc4)oc3C)cc21. The molecular formula is C26H29NO4. The van der Waals surface area contributed by atoms with Crippen LogP contribution in [-0.4, -0.2) is 24.2 Å². The zero-order chi connectivity index (χ0) is 21.6. The number of aromatic nitrogens is 1. The van der Waals surface area contributed by atoms with Crippen molar-refractivity contribution in [3.05, 3.63) is 71.1 Å². The molecule has 0 N–H and O–H groups in total. The fourth-order valence-electron chi connectivity index (χ4n) is 4.18. The average Bonchev–Trinajstić information content (AvgIpc) is 3.35. The molecule has 0 radical (unpaired) electrons. The molecule has 0 bridgehead atoms. The fourth-order valence-corrected chi connectivity index (χ4v) is 4.18. The molecule has 0 unspecified atom stereocenters. The summed E-state index contributed by atoms with van der Waals surface area (Å²) in [7, 11) is 0. The second-order valence-electron chi connectivity index (χ2n) is 7.95. The molecule has 1 aliphatic carbocycles. The second kappa shape index (κ2) is 9.82. The Morgan fingerprint density at radius 2 is 2.03 bits per heavy atom. The Bertz CT molecular complexity index is 1030. The molecule has 0 saturated carbocycles. The lowest BCUT2D eigenvalue weighted by atomic mass is 9.98. The number of nitrogens with zero attached hydrogens (tertiary/aromatic N) is 1. The summed E-state index contributed by atoms with van der Waals surface area (Å²) in [5.74, 6) is 2.49. The third-order valence-corrected chi connectivity index (χ3v) is 5.78. The molecular weight excluding hydrogens is 390 g/mol. The summed E-state index contributed by atoms with van der Waals surface area (Å²) in [5.41, 5.74) is 4.51. The first-order valence-corrected chi connectivity index (χ1v) is 11.1. The van der Waals surface area contributed by atoms with Gasteiger partial charge in [0.15, 0.2) is 0 Å². The molecule has 2 aromatic carbocycles. The van der Waals surface area contributed by atoms with E-state index in [4.69, 9.17) is 13.9 Å². The van der Waals surface area contributed by atoms with Gasteiger partial charge in [0.2, 0.25) is 5.89 Å². The largest absolute Gasteiger partial charge is 0.494 e. The number of benzene rings is 2. The van der Waals surface area contributed by atoms with Crippen molar-refractivity contribution in [1.82, 2.24) is 4.98 Å². The number of carbonyl (C=O) groups excluding carboxylic acids is 1. The van der Waals surface area contributed by atoms with E-state index >= 15 is 0 Å². The van der Waals surface area contributed by atoms with Gasteiger partial charge < -0.3 is 13.9 Å². The van der Waals surface area contributed by atoms with Gasteiger partial charge in [0.05, 0.1) is 25.3 Å². The molecule has 0 aliphatic heterocycles. The number of carbonyl (C=O) groups is 1. The monoisotopic (exact) mass is 419 g/mol. The van der Waals surface area contributed by atoms with E-state index in [1.54, 1.807) is 0 Å². The van der Waals surface area contributed by atoms with E-state index in [1.165, 1.54) is 11.1 Å². The first kappa shape index (κ1) is 21.2. The maximum absolute atomic E-state index is 11.9. The van der Waals surface area contributed by atoms with Gasteiger partial charge in [0, 0.05) is 5.56 Å². The lowest BCUT2D eigenvalue weighted by molar-refractivity contribution is -0.143. The topological polar surface area (TPSA) is 61.6 Å².